The molecule has 2 aromatic rings. The van der Waals surface area contributed by atoms with Crippen molar-refractivity contribution in [3.8, 4) is 5.75 Å². The summed E-state index contributed by atoms with van der Waals surface area (Å²) in [6.45, 7) is 0.105. The first kappa shape index (κ1) is 24.8. The second-order valence-corrected chi connectivity index (χ2v) is 7.37. The highest BCUT2D eigenvalue weighted by atomic mass is 32.1. The lowest BCUT2D eigenvalue weighted by Gasteiger charge is -2.21. The van der Waals surface area contributed by atoms with Crippen molar-refractivity contribution >= 4 is 30.2 Å². The van der Waals surface area contributed by atoms with E-state index in [0.717, 1.165) is 5.56 Å². The molecule has 0 saturated carbocycles. The third kappa shape index (κ3) is 7.97. The molecule has 10 heteroatoms. The maximum Gasteiger partial charge on any atom is 0.408 e. The Kier molecular flexibility index (Phi) is 9.58. The van der Waals surface area contributed by atoms with E-state index in [2.05, 4.69) is 10.6 Å². The fraction of sp³-hybridized carbons (Fsp3) is 0.273. The van der Waals surface area contributed by atoms with Crippen LogP contribution in [0.1, 0.15) is 17.5 Å². The first-order valence-electron chi connectivity index (χ1n) is 9.83. The molecule has 0 bridgehead atoms. The summed E-state index contributed by atoms with van der Waals surface area (Å²) in [4.78, 5) is 36.5. The van der Waals surface area contributed by atoms with Gasteiger partial charge in [0.05, 0.1) is 4.51 Å². The summed E-state index contributed by atoms with van der Waals surface area (Å²) in [6, 6.07) is 12.6. The molecule has 170 valence electrons. The number of nitrogens with one attached hydrogen (secondary N) is 2. The standard InChI is InChI=1S/C22H25N3O6S/c23-11-10-16(25-22(30)31-13-15-4-2-1-3-5-15)20(27)24-17(21(28)29)12-14-6-8-18(26)19(32)9-7-14/h1-9,16-17H,10-13,23H2,(H,24,27)(H,25,30)(H,26,32)(H,28,29)/t16-,17+/m1/s1. The minimum absolute atomic E-state index is 0.0180. The number of hydrogen-bond donors (Lipinski definition) is 5. The zero-order chi connectivity index (χ0) is 23.5. The number of alkyl carbamates (subject to hydrolysis) is 1. The molecule has 0 aliphatic rings. The third-order valence-corrected chi connectivity index (χ3v) is 4.83. The predicted octanol–water partition coefficient (Wildman–Crippen LogP) is 1.88. The highest BCUT2D eigenvalue weighted by Gasteiger charge is 2.26. The van der Waals surface area contributed by atoms with Crippen LogP contribution in [0.3, 0.4) is 0 Å². The van der Waals surface area contributed by atoms with Gasteiger partial charge < -0.3 is 31.3 Å². The number of ether oxygens (including phenoxy) is 1. The molecule has 6 N–H and O–H groups in total. The van der Waals surface area contributed by atoms with E-state index >= 15 is 0 Å². The van der Waals surface area contributed by atoms with Crippen molar-refractivity contribution in [1.29, 1.82) is 0 Å². The highest BCUT2D eigenvalue weighted by Crippen LogP contribution is 2.12. The van der Waals surface area contributed by atoms with Crippen molar-refractivity contribution in [2.75, 3.05) is 6.54 Å². The molecule has 0 saturated heterocycles. The number of carboxylic acids is 1. The average molecular weight is 460 g/mol. The Morgan fingerprint density at radius 2 is 1.66 bits per heavy atom. The van der Waals surface area contributed by atoms with Gasteiger partial charge in [-0.15, -0.1) is 0 Å². The van der Waals surface area contributed by atoms with Crippen LogP contribution in [0.25, 0.3) is 0 Å². The summed E-state index contributed by atoms with van der Waals surface area (Å²) in [7, 11) is 0. The van der Waals surface area contributed by atoms with Crippen LogP contribution in [0.5, 0.6) is 5.75 Å². The first-order valence-corrected chi connectivity index (χ1v) is 10.2. The molecule has 0 aliphatic carbocycles. The van der Waals surface area contributed by atoms with E-state index in [-0.39, 0.29) is 36.3 Å². The zero-order valence-electron chi connectivity index (χ0n) is 17.2. The van der Waals surface area contributed by atoms with Crippen LogP contribution in [-0.2, 0) is 27.4 Å². The van der Waals surface area contributed by atoms with Crippen molar-refractivity contribution in [2.45, 2.75) is 31.5 Å². The number of benzene rings is 1. The molecular weight excluding hydrogens is 434 g/mol. The Bertz CT molecular complexity index is 1000. The summed E-state index contributed by atoms with van der Waals surface area (Å²) in [5, 5.41) is 24.0. The SMILES string of the molecule is NCC[C@@H](NC(=O)OCc1ccccc1)C(=O)N[C@@H](Cc1ccc(O)c(=S)cc1)C(=O)O. The molecule has 0 unspecified atom stereocenters. The maximum absolute atomic E-state index is 12.7. The van der Waals surface area contributed by atoms with Crippen molar-refractivity contribution in [2.24, 2.45) is 5.73 Å². The fourth-order valence-electron chi connectivity index (χ4n) is 2.78. The van der Waals surface area contributed by atoms with Crippen molar-refractivity contribution < 1.29 is 29.3 Å². The summed E-state index contributed by atoms with van der Waals surface area (Å²) < 4.78 is 5.33. The monoisotopic (exact) mass is 459 g/mol. The van der Waals surface area contributed by atoms with E-state index in [9.17, 15) is 24.6 Å². The molecule has 0 spiro atoms. The van der Waals surface area contributed by atoms with Crippen LogP contribution in [-0.4, -0.2) is 46.8 Å². The molecule has 2 aromatic carbocycles. The number of carboxylic acid groups (broad SMARTS) is 1. The van der Waals surface area contributed by atoms with Gasteiger partial charge in [-0.05, 0) is 36.2 Å². The number of amides is 2. The van der Waals surface area contributed by atoms with Crippen LogP contribution in [0.4, 0.5) is 4.79 Å². The summed E-state index contributed by atoms with van der Waals surface area (Å²) in [6.07, 6.45) is -0.790. The highest BCUT2D eigenvalue weighted by molar-refractivity contribution is 7.71. The molecule has 9 nitrogen and oxygen atoms in total. The third-order valence-electron chi connectivity index (χ3n) is 4.49. The lowest BCUT2D eigenvalue weighted by molar-refractivity contribution is -0.142. The largest absolute Gasteiger partial charge is 0.506 e. The average Bonchev–Trinajstić information content (AvgIpc) is 2.93. The van der Waals surface area contributed by atoms with Crippen LogP contribution >= 0.6 is 12.2 Å². The lowest BCUT2D eigenvalue weighted by atomic mass is 10.1. The molecule has 0 heterocycles. The van der Waals surface area contributed by atoms with Crippen LogP contribution in [0, 0.1) is 4.51 Å². The minimum Gasteiger partial charge on any atom is -0.506 e. The molecule has 2 rings (SSSR count). The van der Waals surface area contributed by atoms with Gasteiger partial charge in [0.2, 0.25) is 5.91 Å². The molecule has 0 fully saturated rings. The summed E-state index contributed by atoms with van der Waals surface area (Å²) in [5.41, 5.74) is 6.85. The number of nitrogens with two attached hydrogens (primary N) is 1. The molecule has 32 heavy (non-hydrogen) atoms. The number of aliphatic carboxylic acids is 1. The van der Waals surface area contributed by atoms with Gasteiger partial charge in [0.1, 0.15) is 24.4 Å². The Labute approximate surface area is 190 Å². The Hall–Kier alpha value is -3.50. The van der Waals surface area contributed by atoms with Gasteiger partial charge >= 0.3 is 12.1 Å². The smallest absolute Gasteiger partial charge is 0.408 e. The summed E-state index contributed by atoms with van der Waals surface area (Å²) >= 11 is 4.97. The molecule has 0 aromatic heterocycles. The Morgan fingerprint density at radius 1 is 0.969 bits per heavy atom. The fourth-order valence-corrected chi connectivity index (χ4v) is 2.91. The van der Waals surface area contributed by atoms with E-state index in [0.29, 0.717) is 5.56 Å². The number of carbonyl (C=O) groups is 3. The van der Waals surface area contributed by atoms with E-state index in [1.54, 1.807) is 30.3 Å². The van der Waals surface area contributed by atoms with Crippen molar-refractivity contribution in [3.63, 3.8) is 0 Å². The van der Waals surface area contributed by atoms with Gasteiger partial charge in [0.25, 0.3) is 0 Å². The van der Waals surface area contributed by atoms with E-state index in [1.165, 1.54) is 18.2 Å². The molecule has 0 aliphatic heterocycles. The van der Waals surface area contributed by atoms with Crippen LogP contribution < -0.4 is 16.4 Å². The predicted molar refractivity (Wildman–Crippen MR) is 119 cm³/mol. The number of aromatic hydroxyl groups is 1. The second kappa shape index (κ2) is 12.4. The van der Waals surface area contributed by atoms with Gasteiger partial charge in [-0.3, -0.25) is 4.79 Å². The van der Waals surface area contributed by atoms with Gasteiger partial charge in [-0.25, -0.2) is 9.59 Å². The normalized spacial score (nSPS) is 12.3. The van der Waals surface area contributed by atoms with E-state index in [1.807, 2.05) is 6.07 Å². The maximum atomic E-state index is 12.7. The van der Waals surface area contributed by atoms with Crippen LogP contribution in [0.2, 0.25) is 0 Å². The van der Waals surface area contributed by atoms with E-state index in [4.69, 9.17) is 22.7 Å². The molecule has 2 atom stereocenters. The molecule has 2 amide bonds. The van der Waals surface area contributed by atoms with E-state index < -0.39 is 30.1 Å². The second-order valence-electron chi connectivity index (χ2n) is 6.93. The van der Waals surface area contributed by atoms with Gasteiger partial charge in [-0.2, -0.15) is 0 Å². The van der Waals surface area contributed by atoms with Crippen molar-refractivity contribution in [1.82, 2.24) is 10.6 Å². The number of rotatable bonds is 10. The lowest BCUT2D eigenvalue weighted by Crippen LogP contribution is -2.52. The summed E-state index contributed by atoms with van der Waals surface area (Å²) in [5.74, 6) is -2.07. The number of carbonyl (C=O) groups excluding carboxylic acids is 2. The molecular formula is C22H25N3O6S. The van der Waals surface area contributed by atoms with Gasteiger partial charge in [-0.1, -0.05) is 54.7 Å². The molecule has 0 radical (unpaired) electrons. The minimum atomic E-state index is -1.27. The number of hydrogen-bond acceptors (Lipinski definition) is 7. The van der Waals surface area contributed by atoms with Crippen LogP contribution in [0.15, 0.2) is 54.6 Å². The topological polar surface area (TPSA) is 151 Å². The zero-order valence-corrected chi connectivity index (χ0v) is 18.0. The van der Waals surface area contributed by atoms with Gasteiger partial charge in [0, 0.05) is 6.42 Å². The first-order chi connectivity index (χ1) is 15.3. The quantitative estimate of drug-likeness (QED) is 0.338. The Morgan fingerprint density at radius 3 is 2.31 bits per heavy atom. The Balaban J connectivity index is 2.01. The van der Waals surface area contributed by atoms with Gasteiger partial charge in [0.15, 0.2) is 0 Å². The van der Waals surface area contributed by atoms with Crippen molar-refractivity contribution in [3.05, 3.63) is 70.2 Å².